The van der Waals surface area contributed by atoms with Crippen molar-refractivity contribution in [3.8, 4) is 0 Å². The van der Waals surface area contributed by atoms with Crippen LogP contribution in [0.5, 0.6) is 0 Å². The van der Waals surface area contributed by atoms with Crippen molar-refractivity contribution < 1.29 is 19.4 Å². The lowest BCUT2D eigenvalue weighted by Gasteiger charge is -2.39. The zero-order valence-corrected chi connectivity index (χ0v) is 16.6. The second-order valence-electron chi connectivity index (χ2n) is 7.63. The van der Waals surface area contributed by atoms with E-state index in [1.807, 2.05) is 36.7 Å². The summed E-state index contributed by atoms with van der Waals surface area (Å²) in [5, 5.41) is 14.1. The Kier molecular flexibility index (Phi) is 5.84. The molecule has 1 aliphatic rings. The number of carboxylic acid groups (broad SMARTS) is 1. The monoisotopic (exact) mass is 385 g/mol. The largest absolute Gasteiger partial charge is 0.481 e. The smallest absolute Gasteiger partial charge is 0.313 e. The molecule has 3 rings (SSSR count). The molecule has 0 saturated carbocycles. The van der Waals surface area contributed by atoms with Gasteiger partial charge in [-0.15, -0.1) is 0 Å². The fourth-order valence-corrected chi connectivity index (χ4v) is 3.88. The third-order valence-corrected chi connectivity index (χ3v) is 5.37. The van der Waals surface area contributed by atoms with E-state index < -0.39 is 11.4 Å². The fourth-order valence-electron chi connectivity index (χ4n) is 3.88. The van der Waals surface area contributed by atoms with Gasteiger partial charge in [-0.1, -0.05) is 12.1 Å². The summed E-state index contributed by atoms with van der Waals surface area (Å²) in [6.07, 6.45) is 1.17. The number of benzene rings is 1. The van der Waals surface area contributed by atoms with Crippen molar-refractivity contribution in [3.05, 3.63) is 52.8 Å². The number of rotatable bonds is 6. The Morgan fingerprint density at radius 3 is 2.54 bits per heavy atom. The number of piperidine rings is 1. The SMILES string of the molecule is COCC1(C(=O)O)CCCN(C(=O)c2ccc(Cn3nc(C)cc3C)cc2)C1. The molecule has 1 saturated heterocycles. The standard InChI is InChI=1S/C21H27N3O4/c1-15-11-16(2)24(22-15)12-17-5-7-18(8-6-17)19(25)23-10-4-9-21(13-23,14-28-3)20(26)27/h5-8,11H,4,9-10,12-14H2,1-3H3,(H,26,27). The summed E-state index contributed by atoms with van der Waals surface area (Å²) in [5.41, 5.74) is 2.66. The first-order chi connectivity index (χ1) is 13.3. The summed E-state index contributed by atoms with van der Waals surface area (Å²) in [6, 6.07) is 9.48. The van der Waals surface area contributed by atoms with E-state index in [1.54, 1.807) is 17.0 Å². The van der Waals surface area contributed by atoms with Crippen LogP contribution >= 0.6 is 0 Å². The lowest BCUT2D eigenvalue weighted by atomic mass is 9.80. The van der Waals surface area contributed by atoms with Crippen LogP contribution in [-0.4, -0.2) is 58.5 Å². The van der Waals surface area contributed by atoms with Crippen molar-refractivity contribution in [1.29, 1.82) is 0 Å². The normalized spacial score (nSPS) is 19.6. The predicted octanol–water partition coefficient (Wildman–Crippen LogP) is 2.50. The van der Waals surface area contributed by atoms with E-state index in [1.165, 1.54) is 7.11 Å². The number of carbonyl (C=O) groups excluding carboxylic acids is 1. The van der Waals surface area contributed by atoms with Gasteiger partial charge in [0, 0.05) is 31.5 Å². The molecule has 0 aliphatic carbocycles. The minimum atomic E-state index is -1.03. The van der Waals surface area contributed by atoms with Crippen LogP contribution in [-0.2, 0) is 16.1 Å². The summed E-state index contributed by atoms with van der Waals surface area (Å²) in [6.45, 7) is 5.46. The maximum absolute atomic E-state index is 12.9. The molecule has 1 N–H and O–H groups in total. The van der Waals surface area contributed by atoms with Crippen LogP contribution in [0.4, 0.5) is 0 Å². The van der Waals surface area contributed by atoms with E-state index in [2.05, 4.69) is 5.10 Å². The van der Waals surface area contributed by atoms with Gasteiger partial charge in [0.15, 0.2) is 0 Å². The summed E-state index contributed by atoms with van der Waals surface area (Å²) >= 11 is 0. The fraction of sp³-hybridized carbons (Fsp3) is 0.476. The third-order valence-electron chi connectivity index (χ3n) is 5.37. The van der Waals surface area contributed by atoms with Crippen LogP contribution < -0.4 is 0 Å². The van der Waals surface area contributed by atoms with Gasteiger partial charge in [0.05, 0.1) is 18.8 Å². The average molecular weight is 385 g/mol. The predicted molar refractivity (Wildman–Crippen MR) is 104 cm³/mol. The van der Waals surface area contributed by atoms with Gasteiger partial charge in [-0.2, -0.15) is 5.10 Å². The van der Waals surface area contributed by atoms with E-state index in [4.69, 9.17) is 4.74 Å². The molecule has 1 amide bonds. The number of hydrogen-bond acceptors (Lipinski definition) is 4. The topological polar surface area (TPSA) is 84.7 Å². The minimum Gasteiger partial charge on any atom is -0.481 e. The highest BCUT2D eigenvalue weighted by Gasteiger charge is 2.43. The summed E-state index contributed by atoms with van der Waals surface area (Å²) in [4.78, 5) is 26.3. The van der Waals surface area contributed by atoms with E-state index in [0.717, 1.165) is 17.0 Å². The lowest BCUT2D eigenvalue weighted by Crippen LogP contribution is -2.52. The second-order valence-corrected chi connectivity index (χ2v) is 7.63. The summed E-state index contributed by atoms with van der Waals surface area (Å²) in [5.74, 6) is -1.05. The Hall–Kier alpha value is -2.67. The van der Waals surface area contributed by atoms with Crippen molar-refractivity contribution in [3.63, 3.8) is 0 Å². The molecule has 7 heteroatoms. The molecule has 0 radical (unpaired) electrons. The molecule has 1 aliphatic heterocycles. The first-order valence-electron chi connectivity index (χ1n) is 9.46. The number of amides is 1. The van der Waals surface area contributed by atoms with Crippen LogP contribution in [0.3, 0.4) is 0 Å². The Balaban J connectivity index is 1.72. The van der Waals surface area contributed by atoms with E-state index >= 15 is 0 Å². The Morgan fingerprint density at radius 2 is 1.96 bits per heavy atom. The summed E-state index contributed by atoms with van der Waals surface area (Å²) in [7, 11) is 1.49. The van der Waals surface area contributed by atoms with Crippen LogP contribution in [0.1, 0.15) is 40.2 Å². The molecule has 2 aromatic rings. The highest BCUT2D eigenvalue weighted by Crippen LogP contribution is 2.31. The van der Waals surface area contributed by atoms with Crippen LogP contribution in [0, 0.1) is 19.3 Å². The van der Waals surface area contributed by atoms with Crippen LogP contribution in [0.25, 0.3) is 0 Å². The quantitative estimate of drug-likeness (QED) is 0.826. The van der Waals surface area contributed by atoms with E-state index in [-0.39, 0.29) is 19.1 Å². The number of aryl methyl sites for hydroxylation is 2. The number of ether oxygens (including phenoxy) is 1. The minimum absolute atomic E-state index is 0.105. The zero-order valence-electron chi connectivity index (χ0n) is 16.6. The van der Waals surface area contributed by atoms with Gasteiger partial charge < -0.3 is 14.7 Å². The summed E-state index contributed by atoms with van der Waals surface area (Å²) < 4.78 is 7.07. The Labute approximate surface area is 164 Å². The molecule has 150 valence electrons. The van der Waals surface area contributed by atoms with E-state index in [9.17, 15) is 14.7 Å². The maximum Gasteiger partial charge on any atom is 0.313 e. The number of hydrogen-bond donors (Lipinski definition) is 1. The molecule has 1 aromatic carbocycles. The van der Waals surface area contributed by atoms with E-state index in [0.29, 0.717) is 31.5 Å². The molecule has 1 fully saturated rings. The highest BCUT2D eigenvalue weighted by molar-refractivity contribution is 5.94. The number of carbonyl (C=O) groups is 2. The van der Waals surface area contributed by atoms with Crippen molar-refractivity contribution in [2.45, 2.75) is 33.2 Å². The van der Waals surface area contributed by atoms with Gasteiger partial charge in [-0.05, 0) is 50.5 Å². The molecule has 7 nitrogen and oxygen atoms in total. The van der Waals surface area contributed by atoms with Crippen LogP contribution in [0.2, 0.25) is 0 Å². The Morgan fingerprint density at radius 1 is 1.25 bits per heavy atom. The second kappa shape index (κ2) is 8.14. The third kappa shape index (κ3) is 4.09. The van der Waals surface area contributed by atoms with Gasteiger partial charge in [-0.25, -0.2) is 0 Å². The number of carboxylic acids is 1. The van der Waals surface area contributed by atoms with Crippen molar-refractivity contribution >= 4 is 11.9 Å². The lowest BCUT2D eigenvalue weighted by molar-refractivity contribution is -0.155. The first kappa shape index (κ1) is 20.1. The van der Waals surface area contributed by atoms with Gasteiger partial charge in [0.1, 0.15) is 5.41 Å². The molecular formula is C21H27N3O4. The number of methoxy groups -OCH3 is 1. The molecule has 28 heavy (non-hydrogen) atoms. The molecule has 1 aromatic heterocycles. The first-order valence-corrected chi connectivity index (χ1v) is 9.46. The van der Waals surface area contributed by atoms with Gasteiger partial charge in [0.2, 0.25) is 0 Å². The maximum atomic E-state index is 12.9. The van der Waals surface area contributed by atoms with Gasteiger partial charge in [-0.3, -0.25) is 14.3 Å². The van der Waals surface area contributed by atoms with Gasteiger partial charge in [0.25, 0.3) is 5.91 Å². The molecule has 0 bridgehead atoms. The highest BCUT2D eigenvalue weighted by atomic mass is 16.5. The molecule has 1 atom stereocenters. The van der Waals surface area contributed by atoms with Crippen molar-refractivity contribution in [2.24, 2.45) is 5.41 Å². The zero-order chi connectivity index (χ0) is 20.3. The molecule has 2 heterocycles. The molecule has 1 unspecified atom stereocenters. The van der Waals surface area contributed by atoms with Crippen molar-refractivity contribution in [1.82, 2.24) is 14.7 Å². The van der Waals surface area contributed by atoms with Crippen molar-refractivity contribution in [2.75, 3.05) is 26.8 Å². The number of nitrogens with zero attached hydrogens (tertiary/aromatic N) is 3. The number of aliphatic carboxylic acids is 1. The number of aromatic nitrogens is 2. The molecule has 0 spiro atoms. The molecular weight excluding hydrogens is 358 g/mol. The number of likely N-dealkylation sites (tertiary alicyclic amines) is 1. The van der Waals surface area contributed by atoms with Gasteiger partial charge >= 0.3 is 5.97 Å². The Bertz CT molecular complexity index is 855. The van der Waals surface area contributed by atoms with Crippen LogP contribution in [0.15, 0.2) is 30.3 Å². The average Bonchev–Trinajstić information content (AvgIpc) is 2.99.